The van der Waals surface area contributed by atoms with Crippen LogP contribution in [0.2, 0.25) is 0 Å². The lowest BCUT2D eigenvalue weighted by atomic mass is 10.0. The Morgan fingerprint density at radius 1 is 1.62 bits per heavy atom. The fourth-order valence-corrected chi connectivity index (χ4v) is 1.75. The van der Waals surface area contributed by atoms with E-state index in [1.54, 1.807) is 12.5 Å². The lowest BCUT2D eigenvalue weighted by Crippen LogP contribution is -1.95. The van der Waals surface area contributed by atoms with Crippen LogP contribution in [-0.2, 0) is 0 Å². The summed E-state index contributed by atoms with van der Waals surface area (Å²) < 4.78 is 0. The molecule has 3 heteroatoms. The molecule has 0 fully saturated rings. The van der Waals surface area contributed by atoms with Gasteiger partial charge in [0.25, 0.3) is 0 Å². The number of rotatable bonds is 3. The van der Waals surface area contributed by atoms with Crippen molar-refractivity contribution in [3.05, 3.63) is 29.9 Å². The molecule has 0 aliphatic heterocycles. The third-order valence-corrected chi connectivity index (χ3v) is 2.48. The van der Waals surface area contributed by atoms with E-state index in [4.69, 9.17) is 0 Å². The fourth-order valence-electron chi connectivity index (χ4n) is 0.936. The van der Waals surface area contributed by atoms with Gasteiger partial charge in [0.15, 0.2) is 0 Å². The van der Waals surface area contributed by atoms with Crippen LogP contribution in [0.15, 0.2) is 24.2 Å². The number of hydrogen-bond acceptors (Lipinski definition) is 2. The van der Waals surface area contributed by atoms with Crippen molar-refractivity contribution in [3.8, 4) is 0 Å². The summed E-state index contributed by atoms with van der Waals surface area (Å²) in [6.07, 6.45) is 5.42. The van der Waals surface area contributed by atoms with Crippen molar-refractivity contribution in [1.82, 2.24) is 9.97 Å². The Hall–Kier alpha value is -0.700. The highest BCUT2D eigenvalue weighted by molar-refractivity contribution is 9.09. The largest absolute Gasteiger partial charge is 0.245 e. The number of halogens is 1. The van der Waals surface area contributed by atoms with Gasteiger partial charge in [0.05, 0.1) is 5.69 Å². The van der Waals surface area contributed by atoms with Gasteiger partial charge in [0, 0.05) is 11.5 Å². The molecule has 1 aromatic rings. The van der Waals surface area contributed by atoms with Crippen LogP contribution >= 0.6 is 15.9 Å². The van der Waals surface area contributed by atoms with Gasteiger partial charge in [-0.25, -0.2) is 9.97 Å². The van der Waals surface area contributed by atoms with Gasteiger partial charge in [-0.3, -0.25) is 0 Å². The van der Waals surface area contributed by atoms with Crippen LogP contribution in [0.4, 0.5) is 0 Å². The van der Waals surface area contributed by atoms with Gasteiger partial charge in [-0.1, -0.05) is 35.4 Å². The molecule has 1 aromatic heterocycles. The number of nitrogens with zero attached hydrogens (tertiary/aromatic N) is 2. The standard InChI is InChI=1S/C10H13BrN2/c1-8(2)9(6-11)5-10-3-4-12-7-13-10/h3-5,7-8H,6H2,1-2H3. The van der Waals surface area contributed by atoms with Crippen molar-refractivity contribution >= 4 is 22.0 Å². The highest BCUT2D eigenvalue weighted by atomic mass is 79.9. The van der Waals surface area contributed by atoms with Gasteiger partial charge < -0.3 is 0 Å². The minimum atomic E-state index is 0.550. The zero-order valence-corrected chi connectivity index (χ0v) is 9.45. The third kappa shape index (κ3) is 3.27. The first-order chi connectivity index (χ1) is 6.24. The number of aromatic nitrogens is 2. The zero-order valence-electron chi connectivity index (χ0n) is 7.87. The Kier molecular flexibility index (Phi) is 4.09. The van der Waals surface area contributed by atoms with Crippen molar-refractivity contribution < 1.29 is 0 Å². The van der Waals surface area contributed by atoms with Crippen molar-refractivity contribution in [2.45, 2.75) is 13.8 Å². The van der Waals surface area contributed by atoms with Crippen molar-refractivity contribution in [2.24, 2.45) is 5.92 Å². The highest BCUT2D eigenvalue weighted by Gasteiger charge is 2.01. The molecule has 0 unspecified atom stereocenters. The van der Waals surface area contributed by atoms with E-state index in [1.807, 2.05) is 6.07 Å². The second kappa shape index (κ2) is 5.12. The molecule has 13 heavy (non-hydrogen) atoms. The van der Waals surface area contributed by atoms with Crippen LogP contribution in [-0.4, -0.2) is 15.3 Å². The second-order valence-electron chi connectivity index (χ2n) is 3.14. The molecule has 0 aliphatic rings. The normalized spacial score (nSPS) is 12.2. The first-order valence-corrected chi connectivity index (χ1v) is 5.38. The van der Waals surface area contributed by atoms with Crippen LogP contribution in [0.25, 0.3) is 6.08 Å². The van der Waals surface area contributed by atoms with E-state index in [9.17, 15) is 0 Å². The maximum Gasteiger partial charge on any atom is 0.115 e. The molecule has 0 saturated carbocycles. The lowest BCUT2D eigenvalue weighted by Gasteiger charge is -2.06. The number of alkyl halides is 1. The molecule has 70 valence electrons. The van der Waals surface area contributed by atoms with Crippen LogP contribution in [0.3, 0.4) is 0 Å². The van der Waals surface area contributed by atoms with E-state index < -0.39 is 0 Å². The summed E-state index contributed by atoms with van der Waals surface area (Å²) >= 11 is 3.46. The van der Waals surface area contributed by atoms with Gasteiger partial charge in [-0.2, -0.15) is 0 Å². The molecule has 0 aliphatic carbocycles. The first-order valence-electron chi connectivity index (χ1n) is 4.26. The van der Waals surface area contributed by atoms with E-state index >= 15 is 0 Å². The molecule has 0 radical (unpaired) electrons. The van der Waals surface area contributed by atoms with Gasteiger partial charge >= 0.3 is 0 Å². The lowest BCUT2D eigenvalue weighted by molar-refractivity contribution is 0.780. The summed E-state index contributed by atoms with van der Waals surface area (Å²) in [6, 6.07) is 1.91. The molecule has 2 nitrogen and oxygen atoms in total. The number of allylic oxidation sites excluding steroid dienone is 1. The predicted molar refractivity (Wildman–Crippen MR) is 58.6 cm³/mol. The predicted octanol–water partition coefficient (Wildman–Crippen LogP) is 2.91. The van der Waals surface area contributed by atoms with Crippen LogP contribution in [0.5, 0.6) is 0 Å². The summed E-state index contributed by atoms with van der Waals surface area (Å²) in [5, 5.41) is 0.897. The zero-order chi connectivity index (χ0) is 9.68. The van der Waals surface area contributed by atoms with Gasteiger partial charge in [0.1, 0.15) is 6.33 Å². The topological polar surface area (TPSA) is 25.8 Å². The Morgan fingerprint density at radius 3 is 2.85 bits per heavy atom. The summed E-state index contributed by atoms with van der Waals surface area (Å²) in [7, 11) is 0. The summed E-state index contributed by atoms with van der Waals surface area (Å²) in [4.78, 5) is 8.01. The summed E-state index contributed by atoms with van der Waals surface area (Å²) in [5.74, 6) is 0.550. The van der Waals surface area contributed by atoms with Gasteiger partial charge in [-0.15, -0.1) is 0 Å². The molecule has 0 bridgehead atoms. The molecule has 0 aromatic carbocycles. The van der Waals surface area contributed by atoms with E-state index in [1.165, 1.54) is 5.57 Å². The minimum absolute atomic E-state index is 0.550. The molecule has 0 saturated heterocycles. The SMILES string of the molecule is CC(C)C(=Cc1ccncn1)CBr. The van der Waals surface area contributed by atoms with E-state index in [0.717, 1.165) is 11.0 Å². The Morgan fingerprint density at radius 2 is 2.38 bits per heavy atom. The minimum Gasteiger partial charge on any atom is -0.245 e. The van der Waals surface area contributed by atoms with Crippen molar-refractivity contribution in [3.63, 3.8) is 0 Å². The Labute approximate surface area is 87.2 Å². The first kappa shape index (κ1) is 10.4. The molecular weight excluding hydrogens is 228 g/mol. The summed E-state index contributed by atoms with van der Waals surface area (Å²) in [5.41, 5.74) is 2.32. The monoisotopic (exact) mass is 240 g/mol. The molecule has 1 rings (SSSR count). The Bertz CT molecular complexity index is 280. The smallest absolute Gasteiger partial charge is 0.115 e. The fraction of sp³-hybridized carbons (Fsp3) is 0.400. The molecule has 0 spiro atoms. The van der Waals surface area contributed by atoms with E-state index in [2.05, 4.69) is 45.8 Å². The van der Waals surface area contributed by atoms with Gasteiger partial charge in [0.2, 0.25) is 0 Å². The summed E-state index contributed by atoms with van der Waals surface area (Å²) in [6.45, 7) is 4.35. The van der Waals surface area contributed by atoms with E-state index in [-0.39, 0.29) is 0 Å². The Balaban J connectivity index is 2.85. The van der Waals surface area contributed by atoms with Crippen LogP contribution in [0.1, 0.15) is 19.5 Å². The second-order valence-corrected chi connectivity index (χ2v) is 3.70. The molecule has 0 atom stereocenters. The van der Waals surface area contributed by atoms with Crippen LogP contribution in [0, 0.1) is 5.92 Å². The molecule has 0 amide bonds. The van der Waals surface area contributed by atoms with Crippen molar-refractivity contribution in [2.75, 3.05) is 5.33 Å². The maximum atomic E-state index is 4.14. The quantitative estimate of drug-likeness (QED) is 0.760. The molecule has 0 N–H and O–H groups in total. The highest BCUT2D eigenvalue weighted by Crippen LogP contribution is 2.15. The average Bonchev–Trinajstić information content (AvgIpc) is 2.15. The molecule has 1 heterocycles. The van der Waals surface area contributed by atoms with E-state index in [0.29, 0.717) is 5.92 Å². The third-order valence-electron chi connectivity index (χ3n) is 1.83. The number of hydrogen-bond donors (Lipinski definition) is 0. The van der Waals surface area contributed by atoms with Crippen molar-refractivity contribution in [1.29, 1.82) is 0 Å². The van der Waals surface area contributed by atoms with Gasteiger partial charge in [-0.05, 0) is 18.1 Å². The molecular formula is C10H13BrN2. The maximum absolute atomic E-state index is 4.14. The average molecular weight is 241 g/mol. The van der Waals surface area contributed by atoms with Crippen LogP contribution < -0.4 is 0 Å².